The average Bonchev–Trinajstić information content (AvgIpc) is 2.55. The molecule has 3 aromatic rings. The molecule has 3 N–H and O–H groups in total. The molecule has 8 heteroatoms. The normalized spacial score (nSPS) is 11.8. The van der Waals surface area contributed by atoms with Crippen LogP contribution in [0.3, 0.4) is 0 Å². The molecule has 0 saturated carbocycles. The maximum atomic E-state index is 12.1. The molecule has 25 heavy (non-hydrogen) atoms. The number of fused-ring (bicyclic) bond motifs is 1. The Bertz CT molecular complexity index is 1070. The molecule has 0 fully saturated rings. The number of nitrogens with zero attached hydrogens (tertiary/aromatic N) is 2. The Labute approximate surface area is 145 Å². The van der Waals surface area contributed by atoms with E-state index in [1.165, 1.54) is 22.6 Å². The highest BCUT2D eigenvalue weighted by Gasteiger charge is 2.07. The summed E-state index contributed by atoms with van der Waals surface area (Å²) in [4.78, 5) is 16.7. The number of nitrogens with two attached hydrogens (primary N) is 1. The van der Waals surface area contributed by atoms with Crippen molar-refractivity contribution in [2.24, 2.45) is 5.14 Å². The molecule has 3 rings (SSSR count). The molecule has 0 amide bonds. The molecule has 0 radical (unpaired) electrons. The van der Waals surface area contributed by atoms with Gasteiger partial charge in [-0.1, -0.05) is 18.2 Å². The fourth-order valence-electron chi connectivity index (χ4n) is 2.48. The first kappa shape index (κ1) is 17.3. The van der Waals surface area contributed by atoms with Gasteiger partial charge in [-0.25, -0.2) is 18.5 Å². The molecular weight excluding hydrogens is 340 g/mol. The third kappa shape index (κ3) is 4.11. The highest BCUT2D eigenvalue weighted by molar-refractivity contribution is 7.89. The zero-order valence-corrected chi connectivity index (χ0v) is 14.5. The van der Waals surface area contributed by atoms with Gasteiger partial charge in [-0.3, -0.25) is 9.20 Å². The van der Waals surface area contributed by atoms with Crippen molar-refractivity contribution < 1.29 is 8.42 Å². The molecule has 0 saturated heterocycles. The lowest BCUT2D eigenvalue weighted by Gasteiger charge is -2.07. The van der Waals surface area contributed by atoms with Gasteiger partial charge in [0.05, 0.1) is 10.6 Å². The molecule has 0 unspecified atom stereocenters. The standard InChI is InChI=1S/C17H18N4O3S/c1-12-2-7-16-20-14(8-17(22)21(16)11-12)10-19-9-13-3-5-15(6-4-13)25(18,23)24/h2-8,11,19H,9-10H2,1H3,(H2,18,23,24). The first-order chi connectivity index (χ1) is 11.8. The van der Waals surface area contributed by atoms with Gasteiger partial charge in [0.25, 0.3) is 5.56 Å². The minimum atomic E-state index is -3.68. The molecule has 0 aliphatic heterocycles. The number of aryl methyl sites for hydroxylation is 1. The van der Waals surface area contributed by atoms with Gasteiger partial charge in [0.2, 0.25) is 10.0 Å². The van der Waals surface area contributed by atoms with Crippen LogP contribution in [0.4, 0.5) is 0 Å². The lowest BCUT2D eigenvalue weighted by molar-refractivity contribution is 0.597. The van der Waals surface area contributed by atoms with Crippen LogP contribution in [0.25, 0.3) is 5.65 Å². The highest BCUT2D eigenvalue weighted by Crippen LogP contribution is 2.09. The van der Waals surface area contributed by atoms with E-state index in [-0.39, 0.29) is 10.5 Å². The van der Waals surface area contributed by atoms with Crippen molar-refractivity contribution in [3.8, 4) is 0 Å². The van der Waals surface area contributed by atoms with Crippen molar-refractivity contribution in [1.29, 1.82) is 0 Å². The Morgan fingerprint density at radius 3 is 2.52 bits per heavy atom. The maximum Gasteiger partial charge on any atom is 0.258 e. The maximum absolute atomic E-state index is 12.1. The minimum Gasteiger partial charge on any atom is -0.307 e. The highest BCUT2D eigenvalue weighted by atomic mass is 32.2. The van der Waals surface area contributed by atoms with Crippen LogP contribution >= 0.6 is 0 Å². The summed E-state index contributed by atoms with van der Waals surface area (Å²) in [7, 11) is -3.68. The van der Waals surface area contributed by atoms with E-state index in [2.05, 4.69) is 10.3 Å². The fraction of sp³-hybridized carbons (Fsp3) is 0.176. The van der Waals surface area contributed by atoms with E-state index >= 15 is 0 Å². The molecule has 0 aliphatic carbocycles. The lowest BCUT2D eigenvalue weighted by atomic mass is 10.2. The summed E-state index contributed by atoms with van der Waals surface area (Å²) in [6.45, 7) is 2.86. The summed E-state index contributed by atoms with van der Waals surface area (Å²) >= 11 is 0. The van der Waals surface area contributed by atoms with Crippen molar-refractivity contribution in [3.63, 3.8) is 0 Å². The smallest absolute Gasteiger partial charge is 0.258 e. The van der Waals surface area contributed by atoms with Crippen LogP contribution in [0.1, 0.15) is 16.8 Å². The van der Waals surface area contributed by atoms with Gasteiger partial charge in [0.1, 0.15) is 5.65 Å². The number of rotatable bonds is 5. The summed E-state index contributed by atoms with van der Waals surface area (Å²) in [6.07, 6.45) is 1.76. The lowest BCUT2D eigenvalue weighted by Crippen LogP contribution is -2.20. The van der Waals surface area contributed by atoms with Crippen molar-refractivity contribution in [3.05, 3.63) is 75.8 Å². The van der Waals surface area contributed by atoms with Crippen LogP contribution in [0, 0.1) is 6.92 Å². The Hall–Kier alpha value is -2.55. The molecular formula is C17H18N4O3S. The summed E-state index contributed by atoms with van der Waals surface area (Å²) < 4.78 is 24.0. The second kappa shape index (κ2) is 6.75. The second-order valence-corrected chi connectivity index (χ2v) is 7.37. The Morgan fingerprint density at radius 2 is 1.84 bits per heavy atom. The number of primary sulfonamides is 1. The average molecular weight is 358 g/mol. The number of benzene rings is 1. The molecule has 2 aromatic heterocycles. The summed E-state index contributed by atoms with van der Waals surface area (Å²) in [5.41, 5.74) is 3.02. The molecule has 130 valence electrons. The van der Waals surface area contributed by atoms with E-state index in [0.29, 0.717) is 24.4 Å². The second-order valence-electron chi connectivity index (χ2n) is 5.81. The Kier molecular flexibility index (Phi) is 4.67. The predicted molar refractivity (Wildman–Crippen MR) is 94.6 cm³/mol. The van der Waals surface area contributed by atoms with Crippen LogP contribution < -0.4 is 16.0 Å². The Balaban J connectivity index is 1.69. The molecule has 0 spiro atoms. The number of sulfonamides is 1. The van der Waals surface area contributed by atoms with Crippen LogP contribution in [0.15, 0.2) is 58.4 Å². The molecule has 0 aliphatic rings. The molecule has 7 nitrogen and oxygen atoms in total. The molecule has 0 atom stereocenters. The topological polar surface area (TPSA) is 107 Å². The fourth-order valence-corrected chi connectivity index (χ4v) is 3.00. The molecule has 2 heterocycles. The molecule has 1 aromatic carbocycles. The van der Waals surface area contributed by atoms with E-state index in [1.54, 1.807) is 18.3 Å². The van der Waals surface area contributed by atoms with Gasteiger partial charge in [0.15, 0.2) is 0 Å². The first-order valence-electron chi connectivity index (χ1n) is 7.64. The first-order valence-corrected chi connectivity index (χ1v) is 9.19. The van der Waals surface area contributed by atoms with Crippen molar-refractivity contribution in [2.75, 3.05) is 0 Å². The van der Waals surface area contributed by atoms with Gasteiger partial charge < -0.3 is 5.32 Å². The third-order valence-corrected chi connectivity index (χ3v) is 4.68. The van der Waals surface area contributed by atoms with Gasteiger partial charge in [-0.15, -0.1) is 0 Å². The monoisotopic (exact) mass is 358 g/mol. The quantitative estimate of drug-likeness (QED) is 0.706. The van der Waals surface area contributed by atoms with Crippen molar-refractivity contribution in [2.45, 2.75) is 24.9 Å². The number of nitrogens with one attached hydrogen (secondary N) is 1. The van der Waals surface area contributed by atoms with Crippen LogP contribution in [-0.4, -0.2) is 17.8 Å². The van der Waals surface area contributed by atoms with Crippen LogP contribution in [0.5, 0.6) is 0 Å². The van der Waals surface area contributed by atoms with E-state index in [0.717, 1.165) is 11.1 Å². The third-order valence-electron chi connectivity index (χ3n) is 3.75. The van der Waals surface area contributed by atoms with Crippen LogP contribution in [-0.2, 0) is 23.1 Å². The Morgan fingerprint density at radius 1 is 1.12 bits per heavy atom. The van der Waals surface area contributed by atoms with E-state index in [9.17, 15) is 13.2 Å². The largest absolute Gasteiger partial charge is 0.307 e. The minimum absolute atomic E-state index is 0.0794. The van der Waals surface area contributed by atoms with E-state index in [4.69, 9.17) is 5.14 Å². The number of hydrogen-bond donors (Lipinski definition) is 2. The summed E-state index contributed by atoms with van der Waals surface area (Å²) in [5, 5.41) is 8.26. The van der Waals surface area contributed by atoms with E-state index < -0.39 is 10.0 Å². The summed E-state index contributed by atoms with van der Waals surface area (Å²) in [5.74, 6) is 0. The number of hydrogen-bond acceptors (Lipinski definition) is 5. The zero-order valence-electron chi connectivity index (χ0n) is 13.6. The van der Waals surface area contributed by atoms with Gasteiger partial charge in [-0.05, 0) is 36.2 Å². The SMILES string of the molecule is Cc1ccc2nc(CNCc3ccc(S(N)(=O)=O)cc3)cc(=O)n2c1. The number of pyridine rings is 1. The van der Waals surface area contributed by atoms with Crippen molar-refractivity contribution in [1.82, 2.24) is 14.7 Å². The van der Waals surface area contributed by atoms with Gasteiger partial charge in [-0.2, -0.15) is 0 Å². The van der Waals surface area contributed by atoms with E-state index in [1.807, 2.05) is 19.1 Å². The summed E-state index contributed by atoms with van der Waals surface area (Å²) in [6, 6.07) is 11.5. The van der Waals surface area contributed by atoms with Crippen molar-refractivity contribution >= 4 is 15.7 Å². The number of aromatic nitrogens is 2. The predicted octanol–water partition coefficient (Wildman–Crippen LogP) is 0.940. The van der Waals surface area contributed by atoms with Gasteiger partial charge >= 0.3 is 0 Å². The zero-order chi connectivity index (χ0) is 18.0. The van der Waals surface area contributed by atoms with Gasteiger partial charge in [0, 0.05) is 25.4 Å². The molecule has 0 bridgehead atoms. The van der Waals surface area contributed by atoms with Crippen LogP contribution in [0.2, 0.25) is 0 Å².